The normalized spacial score (nSPS) is 18.2. The molecular formula is C19H27N4O3+. The number of rotatable bonds is 7. The van der Waals surface area contributed by atoms with Crippen molar-refractivity contribution in [1.29, 1.82) is 0 Å². The maximum Gasteiger partial charge on any atom is 0.245 e. The van der Waals surface area contributed by atoms with E-state index in [4.69, 9.17) is 4.74 Å². The van der Waals surface area contributed by atoms with E-state index in [0.29, 0.717) is 13.0 Å². The molecule has 0 unspecified atom stereocenters. The zero-order valence-corrected chi connectivity index (χ0v) is 15.0. The van der Waals surface area contributed by atoms with Gasteiger partial charge in [-0.1, -0.05) is 30.3 Å². The van der Waals surface area contributed by atoms with Gasteiger partial charge in [0, 0.05) is 19.4 Å². The Morgan fingerprint density at radius 3 is 2.77 bits per heavy atom. The molecule has 7 nitrogen and oxygen atoms in total. The van der Waals surface area contributed by atoms with Crippen molar-refractivity contribution in [3.8, 4) is 0 Å². The Kier molecular flexibility index (Phi) is 6.62. The minimum atomic E-state index is -0.142. The topological polar surface area (TPSA) is 75.1 Å². The van der Waals surface area contributed by atoms with E-state index in [2.05, 4.69) is 10.7 Å². The predicted octanol–water partition coefficient (Wildman–Crippen LogP) is -0.814. The lowest BCUT2D eigenvalue weighted by Gasteiger charge is -2.29. The van der Waals surface area contributed by atoms with Crippen molar-refractivity contribution >= 4 is 17.5 Å². The summed E-state index contributed by atoms with van der Waals surface area (Å²) >= 11 is 0. The number of morpholine rings is 1. The summed E-state index contributed by atoms with van der Waals surface area (Å²) in [5.41, 5.74) is 4.91. The third-order valence-electron chi connectivity index (χ3n) is 4.65. The fourth-order valence-electron chi connectivity index (χ4n) is 3.16. The summed E-state index contributed by atoms with van der Waals surface area (Å²) in [4.78, 5) is 25.8. The first-order chi connectivity index (χ1) is 12.7. The molecule has 0 spiro atoms. The Morgan fingerprint density at radius 2 is 2.00 bits per heavy atom. The monoisotopic (exact) mass is 359 g/mol. The summed E-state index contributed by atoms with van der Waals surface area (Å²) in [6.07, 6.45) is 3.08. The van der Waals surface area contributed by atoms with Gasteiger partial charge >= 0.3 is 0 Å². The molecule has 2 aliphatic rings. The zero-order valence-electron chi connectivity index (χ0n) is 15.0. The number of hydrazine groups is 1. The van der Waals surface area contributed by atoms with E-state index in [9.17, 15) is 9.59 Å². The Labute approximate surface area is 154 Å². The highest BCUT2D eigenvalue weighted by molar-refractivity contribution is 5.88. The van der Waals surface area contributed by atoms with E-state index >= 15 is 0 Å². The molecule has 2 amide bonds. The highest BCUT2D eigenvalue weighted by Crippen LogP contribution is 2.16. The number of ether oxygens (including phenoxy) is 1. The van der Waals surface area contributed by atoms with Crippen LogP contribution in [0.2, 0.25) is 0 Å². The number of amides is 2. The van der Waals surface area contributed by atoms with Crippen LogP contribution in [-0.2, 0) is 14.3 Å². The largest absolute Gasteiger partial charge is 0.370 e. The first kappa shape index (κ1) is 18.4. The molecule has 3 N–H and O–H groups in total. The summed E-state index contributed by atoms with van der Waals surface area (Å²) in [7, 11) is 0. The molecule has 2 heterocycles. The van der Waals surface area contributed by atoms with Crippen molar-refractivity contribution in [2.24, 2.45) is 0 Å². The van der Waals surface area contributed by atoms with Gasteiger partial charge in [0.15, 0.2) is 0 Å². The number of nitrogens with one attached hydrogen (secondary N) is 3. The maximum absolute atomic E-state index is 12.2. The molecule has 1 saturated heterocycles. The second-order valence-corrected chi connectivity index (χ2v) is 6.60. The van der Waals surface area contributed by atoms with Crippen LogP contribution in [0.1, 0.15) is 18.4 Å². The first-order valence-corrected chi connectivity index (χ1v) is 9.23. The Bertz CT molecular complexity index is 641. The highest BCUT2D eigenvalue weighted by atomic mass is 16.5. The fourth-order valence-corrected chi connectivity index (χ4v) is 3.16. The van der Waals surface area contributed by atoms with E-state index < -0.39 is 0 Å². The molecule has 0 saturated carbocycles. The quantitative estimate of drug-likeness (QED) is 0.557. The van der Waals surface area contributed by atoms with Gasteiger partial charge in [-0.05, 0) is 11.6 Å². The van der Waals surface area contributed by atoms with Crippen LogP contribution in [0.4, 0.5) is 0 Å². The highest BCUT2D eigenvalue weighted by Gasteiger charge is 2.22. The zero-order chi connectivity index (χ0) is 18.2. The molecule has 3 rings (SSSR count). The van der Waals surface area contributed by atoms with Crippen LogP contribution < -0.4 is 15.6 Å². The first-order valence-electron chi connectivity index (χ1n) is 9.23. The summed E-state index contributed by atoms with van der Waals surface area (Å²) in [6, 6.07) is 9.78. The summed E-state index contributed by atoms with van der Waals surface area (Å²) in [6.45, 7) is 5.40. The van der Waals surface area contributed by atoms with Crippen LogP contribution in [0.5, 0.6) is 0 Å². The number of benzene rings is 1. The average molecular weight is 359 g/mol. The van der Waals surface area contributed by atoms with E-state index in [0.717, 1.165) is 50.5 Å². The van der Waals surface area contributed by atoms with Crippen LogP contribution in [0.3, 0.4) is 0 Å². The third kappa shape index (κ3) is 5.31. The molecule has 0 atom stereocenters. The van der Waals surface area contributed by atoms with E-state index in [1.807, 2.05) is 36.4 Å². The van der Waals surface area contributed by atoms with Crippen LogP contribution in [-0.4, -0.2) is 62.8 Å². The van der Waals surface area contributed by atoms with Crippen molar-refractivity contribution in [1.82, 2.24) is 15.8 Å². The van der Waals surface area contributed by atoms with Gasteiger partial charge in [0.05, 0.1) is 25.5 Å². The molecule has 0 aliphatic carbocycles. The average Bonchev–Trinajstić information content (AvgIpc) is 2.68. The summed E-state index contributed by atoms with van der Waals surface area (Å²) < 4.78 is 5.34. The number of carbonyl (C=O) groups excluding carboxylic acids is 2. The minimum Gasteiger partial charge on any atom is -0.370 e. The number of carbonyl (C=O) groups is 2. The third-order valence-corrected chi connectivity index (χ3v) is 4.65. The van der Waals surface area contributed by atoms with E-state index in [1.54, 1.807) is 0 Å². The molecule has 2 aliphatic heterocycles. The van der Waals surface area contributed by atoms with Crippen LogP contribution in [0.25, 0.3) is 5.70 Å². The van der Waals surface area contributed by atoms with E-state index in [1.165, 1.54) is 9.91 Å². The van der Waals surface area contributed by atoms with Gasteiger partial charge in [-0.15, -0.1) is 0 Å². The van der Waals surface area contributed by atoms with Crippen LogP contribution >= 0.6 is 0 Å². The molecule has 7 heteroatoms. The van der Waals surface area contributed by atoms with Crippen LogP contribution in [0.15, 0.2) is 36.4 Å². The van der Waals surface area contributed by atoms with Gasteiger partial charge in [0.25, 0.3) is 0 Å². The molecule has 0 bridgehead atoms. The molecule has 1 fully saturated rings. The predicted molar refractivity (Wildman–Crippen MR) is 97.9 cm³/mol. The van der Waals surface area contributed by atoms with Gasteiger partial charge < -0.3 is 15.0 Å². The number of hydrogen-bond acceptors (Lipinski definition) is 4. The van der Waals surface area contributed by atoms with Crippen molar-refractivity contribution in [3.63, 3.8) is 0 Å². The molecule has 26 heavy (non-hydrogen) atoms. The molecule has 0 radical (unpaired) electrons. The SMILES string of the molecule is O=C(CN1NC(c2ccccc2)=CCC1=O)NCCC[NH+]1CCOCC1. The smallest absolute Gasteiger partial charge is 0.245 e. The lowest BCUT2D eigenvalue weighted by Crippen LogP contribution is -3.14. The Hall–Kier alpha value is -2.38. The van der Waals surface area contributed by atoms with Crippen molar-refractivity contribution < 1.29 is 19.2 Å². The van der Waals surface area contributed by atoms with Crippen LogP contribution in [0, 0.1) is 0 Å². The molecule has 1 aromatic carbocycles. The van der Waals surface area contributed by atoms with Gasteiger partial charge in [0.2, 0.25) is 11.8 Å². The second-order valence-electron chi connectivity index (χ2n) is 6.60. The number of nitrogens with zero attached hydrogens (tertiary/aromatic N) is 1. The van der Waals surface area contributed by atoms with Gasteiger partial charge in [-0.3, -0.25) is 15.0 Å². The summed E-state index contributed by atoms with van der Waals surface area (Å²) in [5, 5.41) is 4.30. The second kappa shape index (κ2) is 9.35. The lowest BCUT2D eigenvalue weighted by atomic mass is 10.1. The Balaban J connectivity index is 1.40. The van der Waals surface area contributed by atoms with Gasteiger partial charge in [0.1, 0.15) is 19.6 Å². The molecule has 1 aromatic rings. The lowest BCUT2D eigenvalue weighted by molar-refractivity contribution is -0.908. The summed E-state index contributed by atoms with van der Waals surface area (Å²) in [5.74, 6) is -0.241. The maximum atomic E-state index is 12.2. The molecular weight excluding hydrogens is 332 g/mol. The molecule has 0 aromatic heterocycles. The standard InChI is InChI=1S/C19H26N4O3/c24-18(20-9-4-10-22-11-13-26-14-12-22)15-23-19(25)8-7-17(21-23)16-5-2-1-3-6-16/h1-3,5-7,21H,4,8-15H2,(H,20,24)/p+1. The van der Waals surface area contributed by atoms with Crippen molar-refractivity contribution in [2.45, 2.75) is 12.8 Å². The van der Waals surface area contributed by atoms with Crippen molar-refractivity contribution in [3.05, 3.63) is 42.0 Å². The van der Waals surface area contributed by atoms with E-state index in [-0.39, 0.29) is 18.4 Å². The molecule has 140 valence electrons. The van der Waals surface area contributed by atoms with Gasteiger partial charge in [-0.2, -0.15) is 0 Å². The van der Waals surface area contributed by atoms with Crippen molar-refractivity contribution in [2.75, 3.05) is 45.9 Å². The Morgan fingerprint density at radius 1 is 1.23 bits per heavy atom. The minimum absolute atomic E-state index is 0.0212. The number of hydrogen-bond donors (Lipinski definition) is 3. The number of quaternary nitrogens is 1. The van der Waals surface area contributed by atoms with Gasteiger partial charge in [-0.25, -0.2) is 5.01 Å². The fraction of sp³-hybridized carbons (Fsp3) is 0.474.